The van der Waals surface area contributed by atoms with Gasteiger partial charge < -0.3 is 4.90 Å². The third kappa shape index (κ3) is 3.42. The average molecular weight is 271 g/mol. The Morgan fingerprint density at radius 2 is 2.17 bits per heavy atom. The number of hydrogen-bond acceptors (Lipinski definition) is 5. The van der Waals surface area contributed by atoms with Gasteiger partial charge in [-0.05, 0) is 12.1 Å². The van der Waals surface area contributed by atoms with Crippen LogP contribution in [0.2, 0.25) is 5.15 Å². The summed E-state index contributed by atoms with van der Waals surface area (Å²) in [5.74, 6) is 0.110. The number of carbonyl (C=O) groups is 1. The Hall–Kier alpha value is -2.15. The molecule has 1 aromatic rings. The lowest BCUT2D eigenvalue weighted by molar-refractivity contribution is -0.404. The minimum atomic E-state index is -0.630. The molecular weight excluding hydrogens is 260 g/mol. The van der Waals surface area contributed by atoms with Crippen molar-refractivity contribution >= 4 is 23.7 Å². The standard InChI is InChI=1S/C10H11ClN4O3/c1-13(7-16)10(6-15(17)18)14(2)8-3-4-9(11)12-5-8/h3-7H,1-2H3. The number of nitrogens with zero attached hydrogens (tertiary/aromatic N) is 4. The van der Waals surface area contributed by atoms with E-state index in [2.05, 4.69) is 4.98 Å². The Balaban J connectivity index is 3.09. The Bertz CT molecular complexity index is 475. The molecule has 0 aliphatic heterocycles. The van der Waals surface area contributed by atoms with E-state index in [-0.39, 0.29) is 5.82 Å². The number of aromatic nitrogens is 1. The number of hydrogen-bond donors (Lipinski definition) is 0. The Morgan fingerprint density at radius 3 is 2.61 bits per heavy atom. The fourth-order valence-electron chi connectivity index (χ4n) is 1.26. The lowest BCUT2D eigenvalue weighted by atomic mass is 10.4. The SMILES string of the molecule is CN(C=O)C(=C[N+](=O)[O-])N(C)c1ccc(Cl)nc1. The van der Waals surface area contributed by atoms with Gasteiger partial charge in [-0.25, -0.2) is 4.98 Å². The maximum atomic E-state index is 10.7. The van der Waals surface area contributed by atoms with Crippen molar-refractivity contribution in [2.45, 2.75) is 0 Å². The fraction of sp³-hybridized carbons (Fsp3) is 0.200. The zero-order valence-electron chi connectivity index (χ0n) is 9.78. The van der Waals surface area contributed by atoms with Crippen LogP contribution in [0.3, 0.4) is 0 Å². The van der Waals surface area contributed by atoms with Gasteiger partial charge >= 0.3 is 0 Å². The zero-order valence-corrected chi connectivity index (χ0v) is 10.5. The van der Waals surface area contributed by atoms with E-state index in [4.69, 9.17) is 11.6 Å². The predicted molar refractivity (Wildman–Crippen MR) is 66.6 cm³/mol. The summed E-state index contributed by atoms with van der Waals surface area (Å²) in [6.45, 7) is 0. The van der Waals surface area contributed by atoms with Crippen molar-refractivity contribution in [3.63, 3.8) is 0 Å². The molecule has 0 spiro atoms. The summed E-state index contributed by atoms with van der Waals surface area (Å²) in [6.07, 6.45) is 2.67. The van der Waals surface area contributed by atoms with Crippen LogP contribution in [0.15, 0.2) is 30.4 Å². The predicted octanol–water partition coefficient (Wildman–Crippen LogP) is 1.33. The summed E-state index contributed by atoms with van der Waals surface area (Å²) in [6, 6.07) is 3.19. The number of rotatable bonds is 5. The summed E-state index contributed by atoms with van der Waals surface area (Å²) in [5, 5.41) is 10.9. The van der Waals surface area contributed by atoms with Gasteiger partial charge in [0.15, 0.2) is 5.82 Å². The minimum absolute atomic E-state index is 0.110. The second-order valence-electron chi connectivity index (χ2n) is 3.39. The van der Waals surface area contributed by atoms with E-state index < -0.39 is 4.92 Å². The number of halogens is 1. The van der Waals surface area contributed by atoms with Gasteiger partial charge in [0.1, 0.15) is 5.15 Å². The Morgan fingerprint density at radius 1 is 1.50 bits per heavy atom. The second-order valence-corrected chi connectivity index (χ2v) is 3.77. The molecule has 0 bridgehead atoms. The maximum Gasteiger partial charge on any atom is 0.275 e. The molecule has 1 heterocycles. The van der Waals surface area contributed by atoms with Crippen LogP contribution in [-0.2, 0) is 4.79 Å². The van der Waals surface area contributed by atoms with Crippen LogP contribution in [0.4, 0.5) is 5.69 Å². The average Bonchev–Trinajstić information content (AvgIpc) is 2.35. The first-order valence-electron chi connectivity index (χ1n) is 4.84. The van der Waals surface area contributed by atoms with Gasteiger partial charge in [0.05, 0.1) is 16.8 Å². The molecular formula is C10H11ClN4O3. The van der Waals surface area contributed by atoms with E-state index in [1.54, 1.807) is 19.2 Å². The van der Waals surface area contributed by atoms with E-state index in [0.717, 1.165) is 11.1 Å². The van der Waals surface area contributed by atoms with Crippen LogP contribution in [-0.4, -0.2) is 35.3 Å². The van der Waals surface area contributed by atoms with Crippen molar-refractivity contribution in [1.29, 1.82) is 0 Å². The molecule has 0 N–H and O–H groups in total. The molecule has 7 nitrogen and oxygen atoms in total. The summed E-state index contributed by atoms with van der Waals surface area (Å²) in [7, 11) is 3.00. The van der Waals surface area contributed by atoms with Crippen LogP contribution >= 0.6 is 11.6 Å². The van der Waals surface area contributed by atoms with Gasteiger partial charge in [-0.15, -0.1) is 0 Å². The molecule has 0 atom stereocenters. The molecule has 1 aromatic heterocycles. The molecule has 1 amide bonds. The summed E-state index contributed by atoms with van der Waals surface area (Å²) < 4.78 is 0. The second kappa shape index (κ2) is 5.97. The van der Waals surface area contributed by atoms with E-state index in [9.17, 15) is 14.9 Å². The molecule has 0 aliphatic carbocycles. The van der Waals surface area contributed by atoms with Crippen molar-refractivity contribution < 1.29 is 9.72 Å². The van der Waals surface area contributed by atoms with E-state index in [1.165, 1.54) is 18.1 Å². The van der Waals surface area contributed by atoms with Crippen LogP contribution in [0.1, 0.15) is 0 Å². The fourth-order valence-corrected chi connectivity index (χ4v) is 1.37. The van der Waals surface area contributed by atoms with Gasteiger partial charge in [-0.3, -0.25) is 19.8 Å². The van der Waals surface area contributed by atoms with Gasteiger partial charge in [0.2, 0.25) is 6.41 Å². The molecule has 0 aromatic carbocycles. The van der Waals surface area contributed by atoms with E-state index in [0.29, 0.717) is 17.3 Å². The number of amides is 1. The molecule has 1 rings (SSSR count). The van der Waals surface area contributed by atoms with Crippen molar-refractivity contribution in [3.05, 3.63) is 45.6 Å². The van der Waals surface area contributed by atoms with Crippen LogP contribution in [0.25, 0.3) is 0 Å². The Labute approximate surface area is 108 Å². The summed E-state index contributed by atoms with van der Waals surface area (Å²) >= 11 is 5.65. The van der Waals surface area contributed by atoms with Crippen molar-refractivity contribution in [2.24, 2.45) is 0 Å². The highest BCUT2D eigenvalue weighted by Crippen LogP contribution is 2.19. The molecule has 0 saturated heterocycles. The first kappa shape index (κ1) is 13.9. The smallest absolute Gasteiger partial charge is 0.275 e. The molecule has 18 heavy (non-hydrogen) atoms. The number of carbonyl (C=O) groups excluding carboxylic acids is 1. The lowest BCUT2D eigenvalue weighted by Gasteiger charge is -2.24. The normalized spacial score (nSPS) is 10.9. The van der Waals surface area contributed by atoms with Gasteiger partial charge in [0, 0.05) is 14.1 Å². The van der Waals surface area contributed by atoms with Gasteiger partial charge in [-0.1, -0.05) is 11.6 Å². The number of anilines is 1. The third-order valence-electron chi connectivity index (χ3n) is 2.18. The number of nitro groups is 1. The highest BCUT2D eigenvalue weighted by atomic mass is 35.5. The summed E-state index contributed by atoms with van der Waals surface area (Å²) in [4.78, 5) is 27.1. The molecule has 0 saturated carbocycles. The molecule has 0 radical (unpaired) electrons. The van der Waals surface area contributed by atoms with Crippen molar-refractivity contribution in [1.82, 2.24) is 9.88 Å². The molecule has 8 heteroatoms. The van der Waals surface area contributed by atoms with Crippen LogP contribution in [0, 0.1) is 10.1 Å². The van der Waals surface area contributed by atoms with E-state index in [1.807, 2.05) is 0 Å². The lowest BCUT2D eigenvalue weighted by Crippen LogP contribution is -2.30. The molecule has 0 aliphatic rings. The van der Waals surface area contributed by atoms with Crippen LogP contribution < -0.4 is 4.90 Å². The zero-order chi connectivity index (χ0) is 13.7. The summed E-state index contributed by atoms with van der Waals surface area (Å²) in [5.41, 5.74) is 0.571. The minimum Gasteiger partial charge on any atom is -0.324 e. The van der Waals surface area contributed by atoms with E-state index >= 15 is 0 Å². The monoisotopic (exact) mass is 270 g/mol. The molecule has 0 fully saturated rings. The van der Waals surface area contributed by atoms with Crippen LogP contribution in [0.5, 0.6) is 0 Å². The number of pyridine rings is 1. The van der Waals surface area contributed by atoms with Crippen molar-refractivity contribution in [3.8, 4) is 0 Å². The first-order valence-corrected chi connectivity index (χ1v) is 5.22. The highest BCUT2D eigenvalue weighted by molar-refractivity contribution is 6.29. The van der Waals surface area contributed by atoms with Gasteiger partial charge in [-0.2, -0.15) is 0 Å². The topological polar surface area (TPSA) is 79.6 Å². The third-order valence-corrected chi connectivity index (χ3v) is 2.41. The highest BCUT2D eigenvalue weighted by Gasteiger charge is 2.15. The Kier molecular flexibility index (Phi) is 4.61. The van der Waals surface area contributed by atoms with Crippen molar-refractivity contribution in [2.75, 3.05) is 19.0 Å². The molecule has 96 valence electrons. The quantitative estimate of drug-likeness (QED) is 0.349. The largest absolute Gasteiger partial charge is 0.324 e. The van der Waals surface area contributed by atoms with Gasteiger partial charge in [0.25, 0.3) is 6.20 Å². The molecule has 0 unspecified atom stereocenters. The first-order chi connectivity index (χ1) is 8.45. The maximum absolute atomic E-state index is 10.7.